The van der Waals surface area contributed by atoms with Crippen molar-refractivity contribution in [2.75, 3.05) is 0 Å². The van der Waals surface area contributed by atoms with Crippen LogP contribution in [-0.2, 0) is 0 Å². The molecular weight excluding hydrogens is 250 g/mol. The molecule has 0 radical (unpaired) electrons. The van der Waals surface area contributed by atoms with E-state index in [4.69, 9.17) is 0 Å². The Hall–Kier alpha value is -2.36. The quantitative estimate of drug-likeness (QED) is 0.735. The Bertz CT molecular complexity index is 818. The molecule has 0 spiro atoms. The highest BCUT2D eigenvalue weighted by molar-refractivity contribution is 5.78. The molecule has 20 heavy (non-hydrogen) atoms. The number of benzene rings is 2. The second kappa shape index (κ2) is 4.34. The van der Waals surface area contributed by atoms with E-state index in [0.29, 0.717) is 5.69 Å². The fourth-order valence-electron chi connectivity index (χ4n) is 2.42. The average Bonchev–Trinajstić information content (AvgIpc) is 2.77. The summed E-state index contributed by atoms with van der Waals surface area (Å²) in [4.78, 5) is 1.51. The van der Waals surface area contributed by atoms with E-state index >= 15 is 0 Å². The van der Waals surface area contributed by atoms with Crippen molar-refractivity contribution in [3.05, 3.63) is 46.5 Å². The summed E-state index contributed by atoms with van der Waals surface area (Å²) in [5, 5.41) is 19.1. The van der Waals surface area contributed by atoms with Crippen LogP contribution in [0.4, 0.5) is 0 Å². The molecular formula is C16H17N3O. The average molecular weight is 267 g/mol. The first-order chi connectivity index (χ1) is 9.45. The highest BCUT2D eigenvalue weighted by atomic mass is 16.3. The van der Waals surface area contributed by atoms with E-state index in [2.05, 4.69) is 16.3 Å². The van der Waals surface area contributed by atoms with Crippen LogP contribution < -0.4 is 0 Å². The Labute approximate surface area is 117 Å². The predicted octanol–water partition coefficient (Wildman–Crippen LogP) is 3.36. The van der Waals surface area contributed by atoms with Crippen molar-refractivity contribution >= 4 is 11.0 Å². The van der Waals surface area contributed by atoms with E-state index in [1.54, 1.807) is 6.07 Å². The summed E-state index contributed by atoms with van der Waals surface area (Å²) in [6.45, 7) is 8.05. The van der Waals surface area contributed by atoms with Gasteiger partial charge in [0.15, 0.2) is 0 Å². The number of aryl methyl sites for hydroxylation is 4. The molecule has 1 aromatic heterocycles. The highest BCUT2D eigenvalue weighted by Crippen LogP contribution is 2.26. The summed E-state index contributed by atoms with van der Waals surface area (Å²) < 4.78 is 0. The zero-order valence-corrected chi connectivity index (χ0v) is 12.1. The molecule has 0 fully saturated rings. The molecule has 0 aliphatic carbocycles. The number of phenols is 1. The van der Waals surface area contributed by atoms with Gasteiger partial charge in [-0.25, -0.2) is 0 Å². The molecule has 0 unspecified atom stereocenters. The fourth-order valence-corrected chi connectivity index (χ4v) is 2.42. The van der Waals surface area contributed by atoms with Gasteiger partial charge in [-0.3, -0.25) is 0 Å². The van der Waals surface area contributed by atoms with Crippen LogP contribution in [0.25, 0.3) is 16.7 Å². The predicted molar refractivity (Wildman–Crippen MR) is 79.5 cm³/mol. The van der Waals surface area contributed by atoms with E-state index in [-0.39, 0.29) is 5.75 Å². The summed E-state index contributed by atoms with van der Waals surface area (Å²) in [5.74, 6) is 0.197. The van der Waals surface area contributed by atoms with Gasteiger partial charge in [0.25, 0.3) is 0 Å². The lowest BCUT2D eigenvalue weighted by Crippen LogP contribution is -2.00. The number of aromatic hydroxyl groups is 1. The van der Waals surface area contributed by atoms with Gasteiger partial charge < -0.3 is 5.11 Å². The van der Waals surface area contributed by atoms with Crippen molar-refractivity contribution in [2.24, 2.45) is 0 Å². The van der Waals surface area contributed by atoms with Crippen LogP contribution in [0, 0.1) is 27.7 Å². The topological polar surface area (TPSA) is 50.9 Å². The Morgan fingerprint density at radius 2 is 1.55 bits per heavy atom. The molecule has 3 rings (SSSR count). The maximum absolute atomic E-state index is 10.1. The number of rotatable bonds is 1. The van der Waals surface area contributed by atoms with Gasteiger partial charge in [0.2, 0.25) is 0 Å². The van der Waals surface area contributed by atoms with Gasteiger partial charge >= 0.3 is 0 Å². The van der Waals surface area contributed by atoms with Crippen LogP contribution in [0.15, 0.2) is 24.3 Å². The first-order valence-electron chi connectivity index (χ1n) is 6.60. The molecule has 2 aromatic carbocycles. The van der Waals surface area contributed by atoms with E-state index in [1.165, 1.54) is 4.80 Å². The molecule has 0 bridgehead atoms. The van der Waals surface area contributed by atoms with Crippen molar-refractivity contribution in [2.45, 2.75) is 27.7 Å². The second-order valence-electron chi connectivity index (χ2n) is 5.36. The molecule has 102 valence electrons. The van der Waals surface area contributed by atoms with Crippen LogP contribution in [0.5, 0.6) is 5.75 Å². The van der Waals surface area contributed by atoms with Gasteiger partial charge in [0.1, 0.15) is 22.5 Å². The van der Waals surface area contributed by atoms with Crippen LogP contribution in [0.1, 0.15) is 22.3 Å². The van der Waals surface area contributed by atoms with Crippen molar-refractivity contribution in [1.29, 1.82) is 0 Å². The Balaban J connectivity index is 2.25. The fraction of sp³-hybridized carbons (Fsp3) is 0.250. The van der Waals surface area contributed by atoms with Gasteiger partial charge in [0, 0.05) is 0 Å². The molecule has 4 heteroatoms. The molecule has 0 amide bonds. The van der Waals surface area contributed by atoms with Gasteiger partial charge in [-0.05, 0) is 68.1 Å². The SMILES string of the molecule is Cc1cc(C)c2nn(-c3cc(C)c(C)cc3O)nc2c1. The third-order valence-electron chi connectivity index (χ3n) is 3.63. The zero-order chi connectivity index (χ0) is 14.4. The summed E-state index contributed by atoms with van der Waals surface area (Å²) in [7, 11) is 0. The first kappa shape index (κ1) is 12.7. The van der Waals surface area contributed by atoms with Crippen molar-refractivity contribution in [3.8, 4) is 11.4 Å². The van der Waals surface area contributed by atoms with E-state index < -0.39 is 0 Å². The van der Waals surface area contributed by atoms with Gasteiger partial charge in [-0.2, -0.15) is 0 Å². The minimum Gasteiger partial charge on any atom is -0.506 e. The number of hydrogen-bond acceptors (Lipinski definition) is 3. The minimum absolute atomic E-state index is 0.197. The Morgan fingerprint density at radius 3 is 2.30 bits per heavy atom. The van der Waals surface area contributed by atoms with Crippen molar-refractivity contribution in [3.63, 3.8) is 0 Å². The normalized spacial score (nSPS) is 11.2. The molecule has 0 atom stereocenters. The summed E-state index contributed by atoms with van der Waals surface area (Å²) in [6.07, 6.45) is 0. The maximum atomic E-state index is 10.1. The van der Waals surface area contributed by atoms with Crippen LogP contribution in [-0.4, -0.2) is 20.1 Å². The molecule has 0 aliphatic rings. The number of nitrogens with zero attached hydrogens (tertiary/aromatic N) is 3. The Kier molecular flexibility index (Phi) is 2.74. The van der Waals surface area contributed by atoms with Crippen molar-refractivity contribution in [1.82, 2.24) is 15.0 Å². The molecule has 0 saturated heterocycles. The highest BCUT2D eigenvalue weighted by Gasteiger charge is 2.12. The summed E-state index contributed by atoms with van der Waals surface area (Å²) >= 11 is 0. The molecule has 4 nitrogen and oxygen atoms in total. The Morgan fingerprint density at radius 1 is 0.850 bits per heavy atom. The van der Waals surface area contributed by atoms with Crippen LogP contribution in [0.3, 0.4) is 0 Å². The third kappa shape index (κ3) is 1.93. The molecule has 1 N–H and O–H groups in total. The lowest BCUT2D eigenvalue weighted by molar-refractivity contribution is 0.467. The largest absolute Gasteiger partial charge is 0.506 e. The third-order valence-corrected chi connectivity index (χ3v) is 3.63. The first-order valence-corrected chi connectivity index (χ1v) is 6.60. The second-order valence-corrected chi connectivity index (χ2v) is 5.36. The van der Waals surface area contributed by atoms with Crippen molar-refractivity contribution < 1.29 is 5.11 Å². The standard InChI is InChI=1S/C16H17N3O/c1-9-5-12(4)16-13(6-9)17-19(18-16)14-7-10(2)11(3)8-15(14)20/h5-8,20H,1-4H3. The van der Waals surface area contributed by atoms with Crippen LogP contribution in [0.2, 0.25) is 0 Å². The summed E-state index contributed by atoms with van der Waals surface area (Å²) in [6, 6.07) is 7.74. The van der Waals surface area contributed by atoms with Gasteiger partial charge in [-0.1, -0.05) is 6.07 Å². The smallest absolute Gasteiger partial charge is 0.143 e. The van der Waals surface area contributed by atoms with Crippen LogP contribution >= 0.6 is 0 Å². The minimum atomic E-state index is 0.197. The number of phenolic OH excluding ortho intramolecular Hbond substituents is 1. The lowest BCUT2D eigenvalue weighted by atomic mass is 10.1. The van der Waals surface area contributed by atoms with E-state index in [9.17, 15) is 5.11 Å². The van der Waals surface area contributed by atoms with E-state index in [1.807, 2.05) is 39.8 Å². The molecule has 1 heterocycles. The lowest BCUT2D eigenvalue weighted by Gasteiger charge is -2.06. The van der Waals surface area contributed by atoms with Gasteiger partial charge in [-0.15, -0.1) is 15.0 Å². The monoisotopic (exact) mass is 267 g/mol. The zero-order valence-electron chi connectivity index (χ0n) is 12.1. The molecule has 3 aromatic rings. The van der Waals surface area contributed by atoms with Gasteiger partial charge in [0.05, 0.1) is 0 Å². The number of aromatic nitrogens is 3. The number of hydrogen-bond donors (Lipinski definition) is 1. The molecule has 0 saturated carbocycles. The maximum Gasteiger partial charge on any atom is 0.143 e. The van der Waals surface area contributed by atoms with E-state index in [0.717, 1.165) is 33.3 Å². The molecule has 0 aliphatic heterocycles. The number of fused-ring (bicyclic) bond motifs is 1. The summed E-state index contributed by atoms with van der Waals surface area (Å²) in [5.41, 5.74) is 6.73.